The molecule has 90 valence electrons. The molecule has 0 radical (unpaired) electrons. The minimum Gasteiger partial charge on any atom is -0.358 e. The van der Waals surface area contributed by atoms with E-state index in [4.69, 9.17) is 0 Å². The molecule has 0 atom stereocenters. The first-order valence-corrected chi connectivity index (χ1v) is 5.89. The van der Waals surface area contributed by atoms with Gasteiger partial charge in [0.25, 0.3) is 0 Å². The molecule has 0 fully saturated rings. The first-order valence-electron chi connectivity index (χ1n) is 5.89. The van der Waals surface area contributed by atoms with Crippen molar-refractivity contribution < 1.29 is 4.79 Å². The molecular formula is C13H17N3O. The maximum atomic E-state index is 11.3. The topological polar surface area (TPSA) is 46.9 Å². The highest BCUT2D eigenvalue weighted by Crippen LogP contribution is 2.16. The molecule has 4 nitrogen and oxygen atoms in total. The van der Waals surface area contributed by atoms with Crippen LogP contribution in [0.2, 0.25) is 0 Å². The van der Waals surface area contributed by atoms with Gasteiger partial charge in [-0.2, -0.15) is 5.10 Å². The molecule has 1 amide bonds. The van der Waals surface area contributed by atoms with E-state index in [0.29, 0.717) is 0 Å². The SMILES string of the molecule is CCCc1ccc2c(cnn2CC(=O)NC)c1. The highest BCUT2D eigenvalue weighted by molar-refractivity contribution is 5.82. The molecule has 0 bridgehead atoms. The van der Waals surface area contributed by atoms with Crippen LogP contribution in [0.5, 0.6) is 0 Å². The van der Waals surface area contributed by atoms with E-state index in [2.05, 4.69) is 29.5 Å². The average Bonchev–Trinajstić information content (AvgIpc) is 2.72. The quantitative estimate of drug-likeness (QED) is 0.871. The van der Waals surface area contributed by atoms with Crippen LogP contribution in [0.1, 0.15) is 18.9 Å². The second kappa shape index (κ2) is 4.99. The minimum atomic E-state index is -0.0346. The Morgan fingerprint density at radius 2 is 2.29 bits per heavy atom. The van der Waals surface area contributed by atoms with Crippen molar-refractivity contribution in [2.75, 3.05) is 7.05 Å². The lowest BCUT2D eigenvalue weighted by atomic mass is 10.1. The molecule has 4 heteroatoms. The third kappa shape index (κ3) is 2.46. The Hall–Kier alpha value is -1.84. The van der Waals surface area contributed by atoms with Gasteiger partial charge in [0.15, 0.2) is 0 Å². The van der Waals surface area contributed by atoms with Crippen molar-refractivity contribution in [3.63, 3.8) is 0 Å². The summed E-state index contributed by atoms with van der Waals surface area (Å²) >= 11 is 0. The fourth-order valence-corrected chi connectivity index (χ4v) is 1.92. The summed E-state index contributed by atoms with van der Waals surface area (Å²) in [5, 5.41) is 7.94. The molecule has 0 spiro atoms. The zero-order valence-electron chi connectivity index (χ0n) is 10.2. The van der Waals surface area contributed by atoms with Gasteiger partial charge < -0.3 is 5.32 Å². The fourth-order valence-electron chi connectivity index (χ4n) is 1.92. The van der Waals surface area contributed by atoms with Crippen molar-refractivity contribution in [1.29, 1.82) is 0 Å². The molecule has 0 saturated carbocycles. The van der Waals surface area contributed by atoms with Crippen molar-refractivity contribution >= 4 is 16.8 Å². The van der Waals surface area contributed by atoms with Crippen molar-refractivity contribution in [3.05, 3.63) is 30.0 Å². The first kappa shape index (κ1) is 11.6. The van der Waals surface area contributed by atoms with Crippen LogP contribution in [0.3, 0.4) is 0 Å². The molecule has 0 unspecified atom stereocenters. The third-order valence-corrected chi connectivity index (χ3v) is 2.82. The largest absolute Gasteiger partial charge is 0.358 e. The van der Waals surface area contributed by atoms with E-state index >= 15 is 0 Å². The highest BCUT2D eigenvalue weighted by Gasteiger charge is 2.06. The Kier molecular flexibility index (Phi) is 3.42. The number of aryl methyl sites for hydroxylation is 1. The van der Waals surface area contributed by atoms with E-state index in [1.807, 2.05) is 12.3 Å². The smallest absolute Gasteiger partial charge is 0.241 e. The molecule has 1 N–H and O–H groups in total. The van der Waals surface area contributed by atoms with E-state index in [9.17, 15) is 4.79 Å². The summed E-state index contributed by atoms with van der Waals surface area (Å²) in [6.07, 6.45) is 4.03. The van der Waals surface area contributed by atoms with E-state index < -0.39 is 0 Å². The molecular weight excluding hydrogens is 214 g/mol. The van der Waals surface area contributed by atoms with Crippen LogP contribution in [0.4, 0.5) is 0 Å². The summed E-state index contributed by atoms with van der Waals surface area (Å²) in [6, 6.07) is 6.29. The van der Waals surface area contributed by atoms with Crippen molar-refractivity contribution in [2.24, 2.45) is 0 Å². The lowest BCUT2D eigenvalue weighted by molar-refractivity contribution is -0.121. The zero-order valence-corrected chi connectivity index (χ0v) is 10.2. The maximum absolute atomic E-state index is 11.3. The molecule has 0 aliphatic heterocycles. The van der Waals surface area contributed by atoms with Crippen LogP contribution >= 0.6 is 0 Å². The second-order valence-electron chi connectivity index (χ2n) is 4.12. The van der Waals surface area contributed by atoms with Gasteiger partial charge in [-0.1, -0.05) is 19.4 Å². The molecule has 1 heterocycles. The van der Waals surface area contributed by atoms with Gasteiger partial charge in [-0.25, -0.2) is 0 Å². The Bertz CT molecular complexity index is 530. The summed E-state index contributed by atoms with van der Waals surface area (Å²) in [7, 11) is 1.63. The number of aromatic nitrogens is 2. The maximum Gasteiger partial charge on any atom is 0.241 e. The lowest BCUT2D eigenvalue weighted by Gasteiger charge is -2.03. The number of likely N-dealkylation sites (N-methyl/N-ethyl adjacent to an activating group) is 1. The number of hydrogen-bond acceptors (Lipinski definition) is 2. The van der Waals surface area contributed by atoms with Crippen molar-refractivity contribution in [3.8, 4) is 0 Å². The first-order chi connectivity index (χ1) is 8.24. The van der Waals surface area contributed by atoms with Crippen LogP contribution in [-0.2, 0) is 17.8 Å². The summed E-state index contributed by atoms with van der Waals surface area (Å²) in [4.78, 5) is 11.3. The van der Waals surface area contributed by atoms with Gasteiger partial charge in [0.05, 0.1) is 11.7 Å². The zero-order chi connectivity index (χ0) is 12.3. The summed E-state index contributed by atoms with van der Waals surface area (Å²) in [5.41, 5.74) is 2.33. The van der Waals surface area contributed by atoms with E-state index in [1.54, 1.807) is 11.7 Å². The van der Waals surface area contributed by atoms with Crippen LogP contribution in [0.15, 0.2) is 24.4 Å². The molecule has 2 aromatic rings. The predicted molar refractivity (Wildman–Crippen MR) is 67.8 cm³/mol. The Morgan fingerprint density at radius 1 is 1.47 bits per heavy atom. The lowest BCUT2D eigenvalue weighted by Crippen LogP contribution is -2.23. The van der Waals surface area contributed by atoms with E-state index in [0.717, 1.165) is 23.7 Å². The van der Waals surface area contributed by atoms with E-state index in [1.165, 1.54) is 5.56 Å². The number of nitrogens with zero attached hydrogens (tertiary/aromatic N) is 2. The minimum absolute atomic E-state index is 0.0346. The second-order valence-corrected chi connectivity index (χ2v) is 4.12. The summed E-state index contributed by atoms with van der Waals surface area (Å²) in [5.74, 6) is -0.0346. The molecule has 1 aromatic heterocycles. The standard InChI is InChI=1S/C13H17N3O/c1-3-4-10-5-6-12-11(7-10)8-15-16(12)9-13(17)14-2/h5-8H,3-4,9H2,1-2H3,(H,14,17). The number of benzene rings is 1. The van der Waals surface area contributed by atoms with E-state index in [-0.39, 0.29) is 12.5 Å². The fraction of sp³-hybridized carbons (Fsp3) is 0.385. The van der Waals surface area contributed by atoms with Crippen molar-refractivity contribution in [2.45, 2.75) is 26.3 Å². The van der Waals surface area contributed by atoms with Gasteiger partial charge in [-0.15, -0.1) is 0 Å². The normalized spacial score (nSPS) is 10.7. The van der Waals surface area contributed by atoms with Crippen LogP contribution in [-0.4, -0.2) is 22.7 Å². The number of nitrogens with one attached hydrogen (secondary N) is 1. The number of carbonyl (C=O) groups excluding carboxylic acids is 1. The Balaban J connectivity index is 2.31. The van der Waals surface area contributed by atoms with Gasteiger partial charge in [0.2, 0.25) is 5.91 Å². The third-order valence-electron chi connectivity index (χ3n) is 2.82. The Morgan fingerprint density at radius 3 is 3.00 bits per heavy atom. The van der Waals surface area contributed by atoms with Crippen LogP contribution < -0.4 is 5.32 Å². The molecule has 1 aromatic carbocycles. The highest BCUT2D eigenvalue weighted by atomic mass is 16.1. The van der Waals surface area contributed by atoms with Gasteiger partial charge >= 0.3 is 0 Å². The van der Waals surface area contributed by atoms with Crippen LogP contribution in [0.25, 0.3) is 10.9 Å². The molecule has 2 rings (SSSR count). The van der Waals surface area contributed by atoms with Crippen LogP contribution in [0, 0.1) is 0 Å². The molecule has 0 aliphatic carbocycles. The molecule has 17 heavy (non-hydrogen) atoms. The molecule has 0 saturated heterocycles. The van der Waals surface area contributed by atoms with Gasteiger partial charge in [0, 0.05) is 12.4 Å². The average molecular weight is 231 g/mol. The Labute approximate surface area is 101 Å². The summed E-state index contributed by atoms with van der Waals surface area (Å²) in [6.45, 7) is 2.44. The van der Waals surface area contributed by atoms with Crippen molar-refractivity contribution in [1.82, 2.24) is 15.1 Å². The number of amides is 1. The predicted octanol–water partition coefficient (Wildman–Crippen LogP) is 1.73. The number of hydrogen-bond donors (Lipinski definition) is 1. The summed E-state index contributed by atoms with van der Waals surface area (Å²) < 4.78 is 1.73. The van der Waals surface area contributed by atoms with Gasteiger partial charge in [-0.3, -0.25) is 9.48 Å². The van der Waals surface area contributed by atoms with Gasteiger partial charge in [0.1, 0.15) is 6.54 Å². The molecule has 0 aliphatic rings. The number of fused-ring (bicyclic) bond motifs is 1. The number of rotatable bonds is 4. The number of carbonyl (C=O) groups is 1. The monoisotopic (exact) mass is 231 g/mol. The van der Waals surface area contributed by atoms with Gasteiger partial charge in [-0.05, 0) is 24.1 Å².